The Kier molecular flexibility index (Phi) is 6.89. The number of rotatable bonds is 6. The van der Waals surface area contributed by atoms with Crippen molar-refractivity contribution in [2.75, 3.05) is 0 Å². The summed E-state index contributed by atoms with van der Waals surface area (Å²) in [6, 6.07) is 20.9. The van der Waals surface area contributed by atoms with Crippen LogP contribution in [0.2, 0.25) is 0 Å². The Morgan fingerprint density at radius 3 is 2.61 bits per heavy atom. The topological polar surface area (TPSA) is 63.8 Å². The van der Waals surface area contributed by atoms with Crippen LogP contribution in [0.5, 0.6) is 5.75 Å². The standard InChI is InChI=1S/C23H15Br3N2O3/c24-17-6-7-20(30-13-14-4-2-1-3-5-14)16(9-17)12-27-28-23(29)21-10-15-8-18(25)11-19(26)22(15)31-21/h1-12H,13H2,(H,28,29)/b27-12-. The van der Waals surface area contributed by atoms with Gasteiger partial charge in [0.05, 0.1) is 10.7 Å². The minimum atomic E-state index is -0.447. The van der Waals surface area contributed by atoms with Gasteiger partial charge in [-0.2, -0.15) is 5.10 Å². The van der Waals surface area contributed by atoms with Crippen molar-refractivity contribution >= 4 is 70.9 Å². The molecule has 4 aromatic rings. The third-order valence-corrected chi connectivity index (χ3v) is 5.88. The number of amides is 1. The first-order valence-electron chi connectivity index (χ1n) is 9.18. The number of hydrazone groups is 1. The van der Waals surface area contributed by atoms with E-state index in [0.717, 1.165) is 29.9 Å². The second-order valence-electron chi connectivity index (χ2n) is 6.57. The van der Waals surface area contributed by atoms with Crippen LogP contribution in [0, 0.1) is 0 Å². The molecule has 0 fully saturated rings. The van der Waals surface area contributed by atoms with Crippen molar-refractivity contribution in [1.29, 1.82) is 0 Å². The molecule has 4 rings (SSSR count). The highest BCUT2D eigenvalue weighted by atomic mass is 79.9. The fourth-order valence-corrected chi connectivity index (χ4v) is 4.61. The SMILES string of the molecule is O=C(N/N=C\c1cc(Br)ccc1OCc1ccccc1)c1cc2cc(Br)cc(Br)c2o1. The van der Waals surface area contributed by atoms with Crippen molar-refractivity contribution in [1.82, 2.24) is 5.43 Å². The van der Waals surface area contributed by atoms with Crippen molar-refractivity contribution in [2.45, 2.75) is 6.61 Å². The molecule has 3 aromatic carbocycles. The summed E-state index contributed by atoms with van der Waals surface area (Å²) in [6.45, 7) is 0.430. The van der Waals surface area contributed by atoms with Gasteiger partial charge < -0.3 is 9.15 Å². The van der Waals surface area contributed by atoms with Gasteiger partial charge in [0.15, 0.2) is 5.76 Å². The van der Waals surface area contributed by atoms with E-state index in [4.69, 9.17) is 9.15 Å². The maximum absolute atomic E-state index is 12.5. The fraction of sp³-hybridized carbons (Fsp3) is 0.0435. The summed E-state index contributed by atoms with van der Waals surface area (Å²) in [6.07, 6.45) is 1.54. The molecule has 0 atom stereocenters. The third-order valence-electron chi connectivity index (χ3n) is 4.34. The van der Waals surface area contributed by atoms with Gasteiger partial charge in [0.1, 0.15) is 17.9 Å². The minimum absolute atomic E-state index is 0.167. The smallest absolute Gasteiger partial charge is 0.307 e. The summed E-state index contributed by atoms with van der Waals surface area (Å²) >= 11 is 10.3. The maximum Gasteiger partial charge on any atom is 0.307 e. The quantitative estimate of drug-likeness (QED) is 0.189. The molecule has 0 aliphatic carbocycles. The zero-order valence-electron chi connectivity index (χ0n) is 15.9. The zero-order valence-corrected chi connectivity index (χ0v) is 20.7. The summed E-state index contributed by atoms with van der Waals surface area (Å²) < 4.78 is 14.1. The molecule has 1 aromatic heterocycles. The molecular formula is C23H15Br3N2O3. The second kappa shape index (κ2) is 9.80. The minimum Gasteiger partial charge on any atom is -0.488 e. The number of nitrogens with one attached hydrogen (secondary N) is 1. The molecule has 1 N–H and O–H groups in total. The van der Waals surface area contributed by atoms with Crippen LogP contribution in [0.25, 0.3) is 11.0 Å². The van der Waals surface area contributed by atoms with Gasteiger partial charge >= 0.3 is 5.91 Å². The largest absolute Gasteiger partial charge is 0.488 e. The average molecular weight is 607 g/mol. The van der Waals surface area contributed by atoms with Crippen LogP contribution >= 0.6 is 47.8 Å². The number of ether oxygens (including phenoxy) is 1. The molecule has 0 aliphatic heterocycles. The van der Waals surface area contributed by atoms with Crippen LogP contribution in [-0.2, 0) is 6.61 Å². The Labute approximate surface area is 203 Å². The molecular weight excluding hydrogens is 592 g/mol. The Bertz CT molecular complexity index is 1270. The number of benzene rings is 3. The molecule has 8 heteroatoms. The molecule has 0 saturated carbocycles. The molecule has 0 radical (unpaired) electrons. The Morgan fingerprint density at radius 2 is 1.81 bits per heavy atom. The van der Waals surface area contributed by atoms with E-state index < -0.39 is 5.91 Å². The van der Waals surface area contributed by atoms with Gasteiger partial charge in [-0.1, -0.05) is 62.2 Å². The van der Waals surface area contributed by atoms with Gasteiger partial charge in [-0.05, 0) is 57.9 Å². The zero-order chi connectivity index (χ0) is 21.8. The predicted octanol–water partition coefficient (Wildman–Crippen LogP) is 7.06. The number of hydrogen-bond acceptors (Lipinski definition) is 4. The number of hydrogen-bond donors (Lipinski definition) is 1. The van der Waals surface area contributed by atoms with E-state index in [1.165, 1.54) is 6.21 Å². The van der Waals surface area contributed by atoms with Gasteiger partial charge in [0.25, 0.3) is 0 Å². The number of nitrogens with zero attached hydrogens (tertiary/aromatic N) is 1. The molecule has 0 unspecified atom stereocenters. The van der Waals surface area contributed by atoms with Crippen molar-refractivity contribution in [3.63, 3.8) is 0 Å². The maximum atomic E-state index is 12.5. The Morgan fingerprint density at radius 1 is 1.00 bits per heavy atom. The highest BCUT2D eigenvalue weighted by molar-refractivity contribution is 9.11. The van der Waals surface area contributed by atoms with Crippen LogP contribution < -0.4 is 10.2 Å². The molecule has 1 heterocycles. The number of carbonyl (C=O) groups excluding carboxylic acids is 1. The monoisotopic (exact) mass is 604 g/mol. The predicted molar refractivity (Wildman–Crippen MR) is 132 cm³/mol. The number of furan rings is 1. The van der Waals surface area contributed by atoms with Crippen molar-refractivity contribution in [3.05, 3.63) is 97.0 Å². The van der Waals surface area contributed by atoms with Crippen LogP contribution in [0.1, 0.15) is 21.7 Å². The molecule has 0 aliphatic rings. The molecule has 0 spiro atoms. The first kappa shape index (κ1) is 21.8. The third kappa shape index (κ3) is 5.44. The lowest BCUT2D eigenvalue weighted by Crippen LogP contribution is -2.16. The lowest BCUT2D eigenvalue weighted by molar-refractivity contribution is 0.0929. The molecule has 0 bridgehead atoms. The average Bonchev–Trinajstić information content (AvgIpc) is 3.18. The highest BCUT2D eigenvalue weighted by Crippen LogP contribution is 2.31. The van der Waals surface area contributed by atoms with Crippen LogP contribution in [0.4, 0.5) is 0 Å². The van der Waals surface area contributed by atoms with Crippen LogP contribution in [0.15, 0.2) is 89.7 Å². The van der Waals surface area contributed by atoms with Crippen LogP contribution in [0.3, 0.4) is 0 Å². The fourth-order valence-electron chi connectivity index (χ4n) is 2.89. The summed E-state index contributed by atoms with van der Waals surface area (Å²) in [4.78, 5) is 12.5. The molecule has 5 nitrogen and oxygen atoms in total. The van der Waals surface area contributed by atoms with E-state index in [9.17, 15) is 4.79 Å². The number of carbonyl (C=O) groups is 1. The summed E-state index contributed by atoms with van der Waals surface area (Å²) in [5.74, 6) is 0.375. The lowest BCUT2D eigenvalue weighted by atomic mass is 10.2. The lowest BCUT2D eigenvalue weighted by Gasteiger charge is -2.09. The van der Waals surface area contributed by atoms with Crippen molar-refractivity contribution in [3.8, 4) is 5.75 Å². The normalized spacial score (nSPS) is 11.2. The molecule has 1 amide bonds. The van der Waals surface area contributed by atoms with E-state index >= 15 is 0 Å². The van der Waals surface area contributed by atoms with Gasteiger partial charge in [-0.15, -0.1) is 0 Å². The Balaban J connectivity index is 1.47. The first-order chi connectivity index (χ1) is 15.0. The highest BCUT2D eigenvalue weighted by Gasteiger charge is 2.14. The van der Waals surface area contributed by atoms with Gasteiger partial charge in [0, 0.05) is 19.9 Å². The summed E-state index contributed by atoms with van der Waals surface area (Å²) in [5.41, 5.74) is 4.88. The summed E-state index contributed by atoms with van der Waals surface area (Å²) in [5, 5.41) is 4.88. The van der Waals surface area contributed by atoms with E-state index in [1.54, 1.807) is 6.07 Å². The van der Waals surface area contributed by atoms with Crippen LogP contribution in [-0.4, -0.2) is 12.1 Å². The van der Waals surface area contributed by atoms with Gasteiger partial charge in [-0.25, -0.2) is 5.43 Å². The molecule has 156 valence electrons. The van der Waals surface area contributed by atoms with Gasteiger partial charge in [-0.3, -0.25) is 4.79 Å². The van der Waals surface area contributed by atoms with Crippen molar-refractivity contribution in [2.24, 2.45) is 5.10 Å². The summed E-state index contributed by atoms with van der Waals surface area (Å²) in [7, 11) is 0. The van der Waals surface area contributed by atoms with E-state index in [-0.39, 0.29) is 5.76 Å². The molecule has 31 heavy (non-hydrogen) atoms. The Hall–Kier alpha value is -2.42. The van der Waals surface area contributed by atoms with Gasteiger partial charge in [0.2, 0.25) is 0 Å². The second-order valence-corrected chi connectivity index (χ2v) is 9.26. The molecule has 0 saturated heterocycles. The number of fused-ring (bicyclic) bond motifs is 1. The number of halogens is 3. The van der Waals surface area contributed by atoms with E-state index in [2.05, 4.69) is 58.3 Å². The van der Waals surface area contributed by atoms with E-state index in [1.807, 2.05) is 60.7 Å². The first-order valence-corrected chi connectivity index (χ1v) is 11.6. The van der Waals surface area contributed by atoms with E-state index in [0.29, 0.717) is 17.9 Å². The van der Waals surface area contributed by atoms with Crippen molar-refractivity contribution < 1.29 is 13.9 Å².